The SMILES string of the molecule is Cn1c2c(c(SCc3ccccc3)nc1=O)CCCC2. The number of nitrogens with zero attached hydrogens (tertiary/aromatic N) is 2. The van der Waals surface area contributed by atoms with Crippen molar-refractivity contribution in [1.82, 2.24) is 9.55 Å². The fourth-order valence-corrected chi connectivity index (χ4v) is 3.71. The largest absolute Gasteiger partial charge is 0.348 e. The van der Waals surface area contributed by atoms with E-state index in [1.54, 1.807) is 16.3 Å². The lowest BCUT2D eigenvalue weighted by atomic mass is 9.97. The van der Waals surface area contributed by atoms with Gasteiger partial charge in [0.25, 0.3) is 0 Å². The van der Waals surface area contributed by atoms with E-state index in [0.29, 0.717) is 0 Å². The number of aromatic nitrogens is 2. The molecule has 1 heterocycles. The third kappa shape index (κ3) is 2.66. The fourth-order valence-electron chi connectivity index (χ4n) is 2.68. The second kappa shape index (κ2) is 5.83. The van der Waals surface area contributed by atoms with Crippen molar-refractivity contribution >= 4 is 11.8 Å². The van der Waals surface area contributed by atoms with Crippen molar-refractivity contribution in [2.45, 2.75) is 36.5 Å². The Hall–Kier alpha value is -1.55. The molecule has 1 aliphatic carbocycles. The first-order chi connectivity index (χ1) is 9.75. The van der Waals surface area contributed by atoms with Crippen LogP contribution >= 0.6 is 11.8 Å². The molecule has 20 heavy (non-hydrogen) atoms. The Morgan fingerprint density at radius 2 is 1.95 bits per heavy atom. The minimum atomic E-state index is -0.124. The van der Waals surface area contributed by atoms with Crippen LogP contribution in [0.5, 0.6) is 0 Å². The normalized spacial score (nSPS) is 14.1. The first-order valence-electron chi connectivity index (χ1n) is 7.01. The summed E-state index contributed by atoms with van der Waals surface area (Å²) in [6, 6.07) is 10.3. The van der Waals surface area contributed by atoms with Gasteiger partial charge >= 0.3 is 5.69 Å². The molecule has 0 saturated carbocycles. The van der Waals surface area contributed by atoms with E-state index in [0.717, 1.165) is 23.6 Å². The van der Waals surface area contributed by atoms with E-state index in [1.165, 1.54) is 29.7 Å². The highest BCUT2D eigenvalue weighted by atomic mass is 32.2. The zero-order valence-corrected chi connectivity index (χ0v) is 12.4. The summed E-state index contributed by atoms with van der Waals surface area (Å²) in [5.74, 6) is 0.868. The summed E-state index contributed by atoms with van der Waals surface area (Å²) in [4.78, 5) is 16.2. The lowest BCUT2D eigenvalue weighted by Gasteiger charge is -2.20. The maximum absolute atomic E-state index is 12.0. The quantitative estimate of drug-likeness (QED) is 0.643. The van der Waals surface area contributed by atoms with Gasteiger partial charge in [0.15, 0.2) is 0 Å². The molecule has 0 atom stereocenters. The monoisotopic (exact) mass is 286 g/mol. The fraction of sp³-hybridized carbons (Fsp3) is 0.375. The zero-order chi connectivity index (χ0) is 13.9. The molecule has 0 bridgehead atoms. The van der Waals surface area contributed by atoms with Gasteiger partial charge in [-0.3, -0.25) is 4.57 Å². The van der Waals surface area contributed by atoms with Crippen molar-refractivity contribution in [3.05, 3.63) is 57.6 Å². The van der Waals surface area contributed by atoms with Crippen LogP contribution in [0.3, 0.4) is 0 Å². The van der Waals surface area contributed by atoms with Crippen LogP contribution in [0.4, 0.5) is 0 Å². The Kier molecular flexibility index (Phi) is 3.92. The van der Waals surface area contributed by atoms with Crippen molar-refractivity contribution in [3.63, 3.8) is 0 Å². The predicted octanol–water partition coefficient (Wildman–Crippen LogP) is 2.95. The number of fused-ring (bicyclic) bond motifs is 1. The molecule has 0 aliphatic heterocycles. The molecule has 0 N–H and O–H groups in total. The predicted molar refractivity (Wildman–Crippen MR) is 82.1 cm³/mol. The summed E-state index contributed by atoms with van der Waals surface area (Å²) in [6.07, 6.45) is 4.43. The highest BCUT2D eigenvalue weighted by molar-refractivity contribution is 7.98. The minimum absolute atomic E-state index is 0.124. The van der Waals surface area contributed by atoms with Gasteiger partial charge in [0.2, 0.25) is 0 Å². The number of rotatable bonds is 3. The van der Waals surface area contributed by atoms with Crippen LogP contribution < -0.4 is 5.69 Å². The average molecular weight is 286 g/mol. The molecule has 2 aromatic rings. The van der Waals surface area contributed by atoms with Gasteiger partial charge in [0.1, 0.15) is 5.03 Å². The topological polar surface area (TPSA) is 34.9 Å². The number of thioether (sulfide) groups is 1. The maximum atomic E-state index is 12.0. The van der Waals surface area contributed by atoms with Gasteiger partial charge in [-0.1, -0.05) is 30.3 Å². The standard InChI is InChI=1S/C16H18N2OS/c1-18-14-10-6-5-9-13(14)15(17-16(18)19)20-11-12-7-3-2-4-8-12/h2-4,7-8H,5-6,9-11H2,1H3. The van der Waals surface area contributed by atoms with Gasteiger partial charge in [0.05, 0.1) is 0 Å². The van der Waals surface area contributed by atoms with Crippen molar-refractivity contribution in [2.75, 3.05) is 0 Å². The van der Waals surface area contributed by atoms with Gasteiger partial charge in [0, 0.05) is 24.1 Å². The summed E-state index contributed by atoms with van der Waals surface area (Å²) in [5, 5.41) is 0.937. The van der Waals surface area contributed by atoms with E-state index in [1.807, 2.05) is 25.2 Å². The highest BCUT2D eigenvalue weighted by Gasteiger charge is 2.18. The third-order valence-corrected chi connectivity index (χ3v) is 4.89. The molecule has 3 rings (SSSR count). The van der Waals surface area contributed by atoms with Crippen molar-refractivity contribution in [1.29, 1.82) is 0 Å². The summed E-state index contributed by atoms with van der Waals surface area (Å²) in [7, 11) is 1.84. The highest BCUT2D eigenvalue weighted by Crippen LogP contribution is 2.29. The van der Waals surface area contributed by atoms with Gasteiger partial charge in [-0.15, -0.1) is 11.8 Å². The van der Waals surface area contributed by atoms with E-state index in [-0.39, 0.29) is 5.69 Å². The third-order valence-electron chi connectivity index (χ3n) is 3.80. The number of benzene rings is 1. The van der Waals surface area contributed by atoms with E-state index in [9.17, 15) is 4.79 Å². The van der Waals surface area contributed by atoms with Gasteiger partial charge < -0.3 is 0 Å². The lowest BCUT2D eigenvalue weighted by Crippen LogP contribution is -2.27. The molecule has 0 unspecified atom stereocenters. The van der Waals surface area contributed by atoms with Crippen LogP contribution in [0.15, 0.2) is 40.2 Å². The molecule has 0 fully saturated rings. The van der Waals surface area contributed by atoms with Crippen LogP contribution in [-0.4, -0.2) is 9.55 Å². The van der Waals surface area contributed by atoms with E-state index < -0.39 is 0 Å². The van der Waals surface area contributed by atoms with Crippen molar-refractivity contribution in [2.24, 2.45) is 7.05 Å². The summed E-state index contributed by atoms with van der Waals surface area (Å²) < 4.78 is 1.72. The van der Waals surface area contributed by atoms with Crippen LogP contribution in [0.25, 0.3) is 0 Å². The molecule has 3 nitrogen and oxygen atoms in total. The molecule has 104 valence electrons. The van der Waals surface area contributed by atoms with Crippen LogP contribution in [0, 0.1) is 0 Å². The molecule has 1 aliphatic rings. The summed E-state index contributed by atoms with van der Waals surface area (Å²) in [5.41, 5.74) is 3.62. The second-order valence-electron chi connectivity index (χ2n) is 5.17. The van der Waals surface area contributed by atoms with Crippen molar-refractivity contribution in [3.8, 4) is 0 Å². The Labute approximate surface area is 123 Å². The molecule has 1 aromatic carbocycles. The second-order valence-corrected chi connectivity index (χ2v) is 6.13. The van der Waals surface area contributed by atoms with Crippen molar-refractivity contribution < 1.29 is 0 Å². The maximum Gasteiger partial charge on any atom is 0.348 e. The lowest BCUT2D eigenvalue weighted by molar-refractivity contribution is 0.591. The van der Waals surface area contributed by atoms with E-state index in [4.69, 9.17) is 0 Å². The Morgan fingerprint density at radius 1 is 1.20 bits per heavy atom. The number of hydrogen-bond acceptors (Lipinski definition) is 3. The first-order valence-corrected chi connectivity index (χ1v) is 8.00. The molecule has 0 spiro atoms. The van der Waals surface area contributed by atoms with Gasteiger partial charge in [-0.2, -0.15) is 4.98 Å². The molecule has 4 heteroatoms. The van der Waals surface area contributed by atoms with Gasteiger partial charge in [-0.25, -0.2) is 4.79 Å². The zero-order valence-electron chi connectivity index (χ0n) is 11.6. The van der Waals surface area contributed by atoms with Crippen LogP contribution in [-0.2, 0) is 25.6 Å². The minimum Gasteiger partial charge on any atom is -0.299 e. The van der Waals surface area contributed by atoms with E-state index >= 15 is 0 Å². The number of hydrogen-bond donors (Lipinski definition) is 0. The first kappa shape index (κ1) is 13.4. The summed E-state index contributed by atoms with van der Waals surface area (Å²) >= 11 is 1.69. The Bertz CT molecular complexity index is 664. The smallest absolute Gasteiger partial charge is 0.299 e. The Balaban J connectivity index is 1.90. The molecule has 0 amide bonds. The van der Waals surface area contributed by atoms with Crippen LogP contribution in [0.1, 0.15) is 29.7 Å². The molecule has 0 saturated heterocycles. The molecule has 0 radical (unpaired) electrons. The van der Waals surface area contributed by atoms with E-state index in [2.05, 4.69) is 17.1 Å². The van der Waals surface area contributed by atoms with Gasteiger partial charge in [-0.05, 0) is 31.2 Å². The average Bonchev–Trinajstić information content (AvgIpc) is 2.50. The Morgan fingerprint density at radius 3 is 2.75 bits per heavy atom. The van der Waals surface area contributed by atoms with Crippen LogP contribution in [0.2, 0.25) is 0 Å². The molecular weight excluding hydrogens is 268 g/mol. The summed E-state index contributed by atoms with van der Waals surface area (Å²) in [6.45, 7) is 0. The molecule has 1 aromatic heterocycles. The molecular formula is C16H18N2OS.